The topological polar surface area (TPSA) is 85.2 Å². The minimum Gasteiger partial charge on any atom is -0.481 e. The smallest absolute Gasteiger partial charge is 0.243 e. The molecule has 24 heavy (non-hydrogen) atoms. The van der Waals surface area contributed by atoms with Gasteiger partial charge in [0, 0.05) is 6.07 Å². The van der Waals surface area contributed by atoms with Crippen molar-refractivity contribution in [3.8, 4) is 5.88 Å². The van der Waals surface area contributed by atoms with Gasteiger partial charge in [0.2, 0.25) is 11.8 Å². The van der Waals surface area contributed by atoms with Gasteiger partial charge in [-0.2, -0.15) is 0 Å². The van der Waals surface area contributed by atoms with E-state index < -0.39 is 0 Å². The number of fused-ring (bicyclic) bond motifs is 1. The van der Waals surface area contributed by atoms with E-state index in [1.165, 1.54) is 0 Å². The van der Waals surface area contributed by atoms with Gasteiger partial charge in [0.05, 0.1) is 31.6 Å². The number of methoxy groups -OCH3 is 1. The Morgan fingerprint density at radius 1 is 1.42 bits per heavy atom. The summed E-state index contributed by atoms with van der Waals surface area (Å²) in [5.41, 5.74) is 1.53. The van der Waals surface area contributed by atoms with Crippen LogP contribution in [-0.2, 0) is 24.3 Å². The summed E-state index contributed by atoms with van der Waals surface area (Å²) in [6.45, 7) is 5.04. The molecule has 1 aliphatic heterocycles. The average molecular weight is 330 g/mol. The van der Waals surface area contributed by atoms with E-state index in [0.717, 1.165) is 23.0 Å². The second-order valence-electron chi connectivity index (χ2n) is 5.90. The first-order valence-corrected chi connectivity index (χ1v) is 7.97. The van der Waals surface area contributed by atoms with Crippen molar-refractivity contribution in [1.29, 1.82) is 0 Å². The van der Waals surface area contributed by atoms with Gasteiger partial charge in [-0.15, -0.1) is 10.2 Å². The zero-order valence-electron chi connectivity index (χ0n) is 14.4. The quantitative estimate of drug-likeness (QED) is 0.900. The van der Waals surface area contributed by atoms with Crippen LogP contribution in [0.25, 0.3) is 0 Å². The zero-order valence-corrected chi connectivity index (χ0v) is 14.4. The molecule has 0 aliphatic carbocycles. The Labute approximate surface area is 140 Å². The highest BCUT2D eigenvalue weighted by atomic mass is 16.5. The van der Waals surface area contributed by atoms with Gasteiger partial charge in [0.1, 0.15) is 17.7 Å². The van der Waals surface area contributed by atoms with Gasteiger partial charge in [-0.25, -0.2) is 4.98 Å². The number of likely N-dealkylation sites (N-methyl/N-ethyl adjacent to an activating group) is 1. The lowest BCUT2D eigenvalue weighted by molar-refractivity contribution is -0.122. The molecule has 0 bridgehead atoms. The number of carbonyl (C=O) groups excluding carboxylic acids is 1. The molecule has 0 aromatic carbocycles. The van der Waals surface area contributed by atoms with Crippen LogP contribution in [0.3, 0.4) is 0 Å². The number of amides is 1. The van der Waals surface area contributed by atoms with Crippen molar-refractivity contribution in [2.24, 2.45) is 0 Å². The molecule has 1 amide bonds. The number of nitrogens with zero attached hydrogens (tertiary/aromatic N) is 5. The molecule has 0 radical (unpaired) electrons. The van der Waals surface area contributed by atoms with Crippen LogP contribution in [0.5, 0.6) is 5.88 Å². The number of aromatic nitrogens is 4. The second-order valence-corrected chi connectivity index (χ2v) is 5.90. The number of ether oxygens (including phenoxy) is 1. The van der Waals surface area contributed by atoms with E-state index in [-0.39, 0.29) is 11.9 Å². The van der Waals surface area contributed by atoms with Gasteiger partial charge in [0.25, 0.3) is 0 Å². The van der Waals surface area contributed by atoms with E-state index in [4.69, 9.17) is 4.74 Å². The van der Waals surface area contributed by atoms with Crippen molar-refractivity contribution in [2.75, 3.05) is 19.5 Å². The van der Waals surface area contributed by atoms with Gasteiger partial charge < -0.3 is 14.6 Å². The van der Waals surface area contributed by atoms with Gasteiger partial charge in [0.15, 0.2) is 0 Å². The summed E-state index contributed by atoms with van der Waals surface area (Å²) in [7, 11) is 3.50. The lowest BCUT2D eigenvalue weighted by atomic mass is 10.1. The molecule has 8 heteroatoms. The van der Waals surface area contributed by atoms with Gasteiger partial charge in [-0.1, -0.05) is 6.92 Å². The van der Waals surface area contributed by atoms with Gasteiger partial charge in [-0.3, -0.25) is 9.69 Å². The van der Waals surface area contributed by atoms with Crippen LogP contribution in [0.4, 0.5) is 5.69 Å². The maximum atomic E-state index is 12.8. The first-order valence-electron chi connectivity index (χ1n) is 7.97. The number of hydrogen-bond donors (Lipinski definition) is 1. The fourth-order valence-electron chi connectivity index (χ4n) is 2.90. The van der Waals surface area contributed by atoms with Crippen LogP contribution in [-0.4, -0.2) is 50.8 Å². The van der Waals surface area contributed by atoms with Crippen LogP contribution >= 0.6 is 0 Å². The Bertz CT molecular complexity index is 757. The van der Waals surface area contributed by atoms with Gasteiger partial charge in [-0.05, 0) is 26.5 Å². The van der Waals surface area contributed by atoms with E-state index in [2.05, 4.69) is 20.5 Å². The molecule has 128 valence electrons. The van der Waals surface area contributed by atoms with Gasteiger partial charge >= 0.3 is 0 Å². The Balaban J connectivity index is 1.79. The van der Waals surface area contributed by atoms with Crippen molar-refractivity contribution >= 4 is 11.6 Å². The third-order valence-corrected chi connectivity index (χ3v) is 4.34. The first kappa shape index (κ1) is 16.4. The summed E-state index contributed by atoms with van der Waals surface area (Å²) in [4.78, 5) is 19.2. The van der Waals surface area contributed by atoms with Crippen molar-refractivity contribution < 1.29 is 9.53 Å². The molecule has 8 nitrogen and oxygen atoms in total. The Kier molecular flexibility index (Phi) is 4.48. The molecule has 1 aliphatic rings. The molecule has 1 atom stereocenters. The Morgan fingerprint density at radius 2 is 2.21 bits per heavy atom. The molecule has 2 aromatic heterocycles. The maximum absolute atomic E-state index is 12.8. The van der Waals surface area contributed by atoms with E-state index in [0.29, 0.717) is 25.4 Å². The third kappa shape index (κ3) is 2.96. The standard InChI is InChI=1S/C16H22N6O2/c1-5-11-12(6-7-15(17-11)24-4)18-16(23)13-8-22-10(2)19-20-14(22)9-21(13)3/h6-7,13H,5,8-9H2,1-4H3,(H,18,23). The molecule has 0 saturated heterocycles. The SMILES string of the molecule is CCc1nc(OC)ccc1NC(=O)C1Cn2c(C)nnc2CN1C. The number of anilines is 1. The molecular weight excluding hydrogens is 308 g/mol. The number of rotatable bonds is 4. The number of hydrogen-bond acceptors (Lipinski definition) is 6. The molecule has 0 saturated carbocycles. The van der Waals surface area contributed by atoms with E-state index >= 15 is 0 Å². The summed E-state index contributed by atoms with van der Waals surface area (Å²) in [6, 6.07) is 3.31. The number of carbonyl (C=O) groups is 1. The third-order valence-electron chi connectivity index (χ3n) is 4.34. The largest absolute Gasteiger partial charge is 0.481 e. The van der Waals surface area contributed by atoms with Crippen molar-refractivity contribution in [2.45, 2.75) is 39.4 Å². The molecule has 3 heterocycles. The molecule has 3 rings (SSSR count). The van der Waals surface area contributed by atoms with Crippen LogP contribution in [0.15, 0.2) is 12.1 Å². The lowest BCUT2D eigenvalue weighted by Crippen LogP contribution is -2.48. The van der Waals surface area contributed by atoms with Crippen LogP contribution in [0.2, 0.25) is 0 Å². The minimum atomic E-state index is -0.279. The summed E-state index contributed by atoms with van der Waals surface area (Å²) >= 11 is 0. The number of pyridine rings is 1. The van der Waals surface area contributed by atoms with E-state index in [1.807, 2.05) is 36.4 Å². The van der Waals surface area contributed by atoms with Crippen molar-refractivity contribution in [3.63, 3.8) is 0 Å². The van der Waals surface area contributed by atoms with Crippen LogP contribution < -0.4 is 10.1 Å². The predicted octanol–water partition coefficient (Wildman–Crippen LogP) is 1.01. The fraction of sp³-hybridized carbons (Fsp3) is 0.500. The summed E-state index contributed by atoms with van der Waals surface area (Å²) < 4.78 is 7.14. The monoisotopic (exact) mass is 330 g/mol. The molecule has 0 fully saturated rings. The highest BCUT2D eigenvalue weighted by Gasteiger charge is 2.31. The summed E-state index contributed by atoms with van der Waals surface area (Å²) in [5.74, 6) is 2.21. The van der Waals surface area contributed by atoms with Crippen LogP contribution in [0.1, 0.15) is 24.3 Å². The first-order chi connectivity index (χ1) is 11.5. The zero-order chi connectivity index (χ0) is 17.3. The Morgan fingerprint density at radius 3 is 2.92 bits per heavy atom. The summed E-state index contributed by atoms with van der Waals surface area (Å²) in [6.07, 6.45) is 0.710. The second kappa shape index (κ2) is 6.56. The van der Waals surface area contributed by atoms with Crippen LogP contribution in [0, 0.1) is 6.92 Å². The maximum Gasteiger partial charge on any atom is 0.243 e. The lowest BCUT2D eigenvalue weighted by Gasteiger charge is -2.32. The predicted molar refractivity (Wildman–Crippen MR) is 88.8 cm³/mol. The highest BCUT2D eigenvalue weighted by molar-refractivity contribution is 5.95. The van der Waals surface area contributed by atoms with Crippen molar-refractivity contribution in [3.05, 3.63) is 29.5 Å². The fourth-order valence-corrected chi connectivity index (χ4v) is 2.90. The number of aryl methyl sites for hydroxylation is 2. The highest BCUT2D eigenvalue weighted by Crippen LogP contribution is 2.21. The average Bonchev–Trinajstić information content (AvgIpc) is 2.94. The number of nitrogens with one attached hydrogen (secondary N) is 1. The summed E-state index contributed by atoms with van der Waals surface area (Å²) in [5, 5.41) is 11.2. The molecule has 2 aromatic rings. The van der Waals surface area contributed by atoms with Crippen molar-refractivity contribution in [1.82, 2.24) is 24.6 Å². The molecule has 1 unspecified atom stereocenters. The molecule has 0 spiro atoms. The Hall–Kier alpha value is -2.48. The minimum absolute atomic E-state index is 0.0575. The normalized spacial score (nSPS) is 17.4. The van der Waals surface area contributed by atoms with E-state index in [1.54, 1.807) is 13.2 Å². The molecule has 1 N–H and O–H groups in total. The van der Waals surface area contributed by atoms with E-state index in [9.17, 15) is 4.79 Å². The molecular formula is C16H22N6O2.